The number of esters is 1. The SMILES string of the molecule is CCOC(=O)C1CCN(C(=S)Nc2ccc(Br)cc2)CC1. The predicted molar refractivity (Wildman–Crippen MR) is 91.3 cm³/mol. The lowest BCUT2D eigenvalue weighted by Gasteiger charge is -2.32. The van der Waals surface area contributed by atoms with Gasteiger partial charge in [-0.05, 0) is 56.2 Å². The number of rotatable bonds is 3. The Balaban J connectivity index is 1.83. The number of nitrogens with one attached hydrogen (secondary N) is 1. The summed E-state index contributed by atoms with van der Waals surface area (Å²) < 4.78 is 6.11. The van der Waals surface area contributed by atoms with Crippen molar-refractivity contribution in [1.29, 1.82) is 0 Å². The molecule has 4 nitrogen and oxygen atoms in total. The van der Waals surface area contributed by atoms with Gasteiger partial charge in [-0.3, -0.25) is 4.79 Å². The molecule has 0 amide bonds. The zero-order valence-electron chi connectivity index (χ0n) is 12.0. The van der Waals surface area contributed by atoms with Gasteiger partial charge in [0.25, 0.3) is 0 Å². The Hall–Kier alpha value is -1.14. The van der Waals surface area contributed by atoms with Crippen molar-refractivity contribution < 1.29 is 9.53 Å². The molecule has 0 atom stereocenters. The molecule has 1 N–H and O–H groups in total. The second kappa shape index (κ2) is 7.75. The summed E-state index contributed by atoms with van der Waals surface area (Å²) in [7, 11) is 0. The van der Waals surface area contributed by atoms with Gasteiger partial charge in [-0.1, -0.05) is 15.9 Å². The van der Waals surface area contributed by atoms with Crippen molar-refractivity contribution >= 4 is 44.9 Å². The molecule has 0 bridgehead atoms. The van der Waals surface area contributed by atoms with E-state index in [1.165, 1.54) is 0 Å². The van der Waals surface area contributed by atoms with Gasteiger partial charge < -0.3 is 15.0 Å². The van der Waals surface area contributed by atoms with Crippen LogP contribution in [0.4, 0.5) is 5.69 Å². The van der Waals surface area contributed by atoms with Crippen molar-refractivity contribution in [3.8, 4) is 0 Å². The van der Waals surface area contributed by atoms with Crippen LogP contribution in [0, 0.1) is 5.92 Å². The van der Waals surface area contributed by atoms with E-state index in [9.17, 15) is 4.79 Å². The molecule has 1 heterocycles. The maximum Gasteiger partial charge on any atom is 0.309 e. The molecule has 1 saturated heterocycles. The standard InChI is InChI=1S/C15H19BrN2O2S/c1-2-20-14(19)11-7-9-18(10-8-11)15(21)17-13-5-3-12(16)4-6-13/h3-6,11H,2,7-10H2,1H3,(H,17,21). The van der Waals surface area contributed by atoms with Crippen LogP contribution in [0.1, 0.15) is 19.8 Å². The molecule has 0 radical (unpaired) electrons. The molecule has 0 unspecified atom stereocenters. The fraction of sp³-hybridized carbons (Fsp3) is 0.467. The van der Waals surface area contributed by atoms with E-state index in [1.54, 1.807) is 0 Å². The summed E-state index contributed by atoms with van der Waals surface area (Å²) in [4.78, 5) is 13.8. The smallest absolute Gasteiger partial charge is 0.309 e. The average molecular weight is 371 g/mol. The number of benzene rings is 1. The lowest BCUT2D eigenvalue weighted by molar-refractivity contribution is -0.149. The summed E-state index contributed by atoms with van der Waals surface area (Å²) in [6.07, 6.45) is 1.59. The molecule has 1 aliphatic heterocycles. The predicted octanol–water partition coefficient (Wildman–Crippen LogP) is 3.42. The first-order valence-corrected chi connectivity index (χ1v) is 8.28. The van der Waals surface area contributed by atoms with Crippen molar-refractivity contribution in [1.82, 2.24) is 4.90 Å². The maximum absolute atomic E-state index is 11.7. The molecule has 0 aliphatic carbocycles. The number of piperidine rings is 1. The van der Waals surface area contributed by atoms with E-state index in [2.05, 4.69) is 26.1 Å². The Kier molecular flexibility index (Phi) is 5.99. The number of hydrogen-bond acceptors (Lipinski definition) is 3. The summed E-state index contributed by atoms with van der Waals surface area (Å²) in [5, 5.41) is 3.94. The quantitative estimate of drug-likeness (QED) is 0.652. The molecule has 6 heteroatoms. The van der Waals surface area contributed by atoms with Gasteiger partial charge in [-0.15, -0.1) is 0 Å². The topological polar surface area (TPSA) is 41.6 Å². The number of carbonyl (C=O) groups excluding carboxylic acids is 1. The molecule has 1 aromatic carbocycles. The Morgan fingerprint density at radius 2 is 2.00 bits per heavy atom. The molecular weight excluding hydrogens is 352 g/mol. The van der Waals surface area contributed by atoms with Gasteiger partial charge in [0, 0.05) is 23.2 Å². The summed E-state index contributed by atoms with van der Waals surface area (Å²) >= 11 is 8.84. The molecule has 114 valence electrons. The van der Waals surface area contributed by atoms with Crippen LogP contribution in [0.3, 0.4) is 0 Å². The zero-order valence-corrected chi connectivity index (χ0v) is 14.4. The molecule has 0 saturated carbocycles. The van der Waals surface area contributed by atoms with Crippen LogP contribution in [-0.4, -0.2) is 35.7 Å². The first-order chi connectivity index (χ1) is 10.1. The highest BCUT2D eigenvalue weighted by atomic mass is 79.9. The lowest BCUT2D eigenvalue weighted by Crippen LogP contribution is -2.42. The maximum atomic E-state index is 11.7. The average Bonchev–Trinajstić information content (AvgIpc) is 2.50. The van der Waals surface area contributed by atoms with E-state index in [4.69, 9.17) is 17.0 Å². The minimum Gasteiger partial charge on any atom is -0.466 e. The van der Waals surface area contributed by atoms with Gasteiger partial charge >= 0.3 is 5.97 Å². The molecule has 1 aromatic rings. The highest BCUT2D eigenvalue weighted by Gasteiger charge is 2.26. The molecule has 0 spiro atoms. The van der Waals surface area contributed by atoms with Crippen LogP contribution in [0.5, 0.6) is 0 Å². The van der Waals surface area contributed by atoms with Crippen molar-refractivity contribution in [3.05, 3.63) is 28.7 Å². The van der Waals surface area contributed by atoms with Crippen LogP contribution >= 0.6 is 28.1 Å². The van der Waals surface area contributed by atoms with Crippen LogP contribution in [-0.2, 0) is 9.53 Å². The number of ether oxygens (including phenoxy) is 1. The second-order valence-electron chi connectivity index (χ2n) is 4.95. The van der Waals surface area contributed by atoms with E-state index in [0.717, 1.165) is 36.1 Å². The minimum atomic E-state index is -0.0797. The third-order valence-electron chi connectivity index (χ3n) is 3.50. The summed E-state index contributed by atoms with van der Waals surface area (Å²) in [6.45, 7) is 3.85. The Labute approximate surface area is 139 Å². The van der Waals surface area contributed by atoms with Crippen molar-refractivity contribution in [3.63, 3.8) is 0 Å². The number of thiocarbonyl (C=S) groups is 1. The van der Waals surface area contributed by atoms with Crippen LogP contribution < -0.4 is 5.32 Å². The fourth-order valence-corrected chi connectivity index (χ4v) is 2.88. The summed E-state index contributed by atoms with van der Waals surface area (Å²) in [6, 6.07) is 7.89. The summed E-state index contributed by atoms with van der Waals surface area (Å²) in [5.41, 5.74) is 0.968. The van der Waals surface area contributed by atoms with Gasteiger partial charge in [-0.25, -0.2) is 0 Å². The first kappa shape index (κ1) is 16.2. The molecule has 0 aromatic heterocycles. The van der Waals surface area contributed by atoms with Gasteiger partial charge in [0.1, 0.15) is 0 Å². The van der Waals surface area contributed by atoms with E-state index in [-0.39, 0.29) is 11.9 Å². The number of nitrogens with zero attached hydrogens (tertiary/aromatic N) is 1. The fourth-order valence-electron chi connectivity index (χ4n) is 2.31. The van der Waals surface area contributed by atoms with Gasteiger partial charge in [-0.2, -0.15) is 0 Å². The minimum absolute atomic E-state index is 0.0108. The largest absolute Gasteiger partial charge is 0.466 e. The Morgan fingerprint density at radius 3 is 2.57 bits per heavy atom. The van der Waals surface area contributed by atoms with Crippen LogP contribution in [0.15, 0.2) is 28.7 Å². The van der Waals surface area contributed by atoms with Gasteiger partial charge in [0.15, 0.2) is 5.11 Å². The Morgan fingerprint density at radius 1 is 1.38 bits per heavy atom. The summed E-state index contributed by atoms with van der Waals surface area (Å²) in [5.74, 6) is -0.0689. The lowest BCUT2D eigenvalue weighted by atomic mass is 9.97. The third kappa shape index (κ3) is 4.68. The molecule has 1 fully saturated rings. The number of halogens is 1. The van der Waals surface area contributed by atoms with Gasteiger partial charge in [0.2, 0.25) is 0 Å². The number of anilines is 1. The highest BCUT2D eigenvalue weighted by Crippen LogP contribution is 2.20. The number of carbonyl (C=O) groups is 1. The van der Waals surface area contributed by atoms with E-state index >= 15 is 0 Å². The van der Waals surface area contributed by atoms with Crippen LogP contribution in [0.25, 0.3) is 0 Å². The number of likely N-dealkylation sites (tertiary alicyclic amines) is 1. The monoisotopic (exact) mass is 370 g/mol. The van der Waals surface area contributed by atoms with Crippen molar-refractivity contribution in [2.75, 3.05) is 25.0 Å². The number of hydrogen-bond donors (Lipinski definition) is 1. The molecule has 1 aliphatic rings. The van der Waals surface area contributed by atoms with E-state index in [0.29, 0.717) is 11.7 Å². The van der Waals surface area contributed by atoms with Crippen molar-refractivity contribution in [2.45, 2.75) is 19.8 Å². The van der Waals surface area contributed by atoms with E-state index in [1.807, 2.05) is 31.2 Å². The Bertz CT molecular complexity index is 499. The first-order valence-electron chi connectivity index (χ1n) is 7.08. The molecular formula is C15H19BrN2O2S. The van der Waals surface area contributed by atoms with Gasteiger partial charge in [0.05, 0.1) is 12.5 Å². The second-order valence-corrected chi connectivity index (χ2v) is 6.25. The molecule has 21 heavy (non-hydrogen) atoms. The van der Waals surface area contributed by atoms with Crippen LogP contribution in [0.2, 0.25) is 0 Å². The third-order valence-corrected chi connectivity index (χ3v) is 4.39. The molecule has 2 rings (SSSR count). The normalized spacial score (nSPS) is 15.6. The van der Waals surface area contributed by atoms with Crippen molar-refractivity contribution in [2.24, 2.45) is 5.92 Å². The highest BCUT2D eigenvalue weighted by molar-refractivity contribution is 9.10. The van der Waals surface area contributed by atoms with E-state index < -0.39 is 0 Å². The zero-order chi connectivity index (χ0) is 15.2.